The molecule has 1 aromatic carbocycles. The van der Waals surface area contributed by atoms with Crippen molar-refractivity contribution in [2.45, 2.75) is 19.8 Å². The number of nitrogens with zero attached hydrogens (tertiary/aromatic N) is 1. The van der Waals surface area contributed by atoms with Gasteiger partial charge in [0.25, 0.3) is 5.91 Å². The summed E-state index contributed by atoms with van der Waals surface area (Å²) < 4.78 is 6.44. The average Bonchev–Trinajstić information content (AvgIpc) is 2.85. The number of nitrogens with one attached hydrogen (secondary N) is 1. The molecule has 4 nitrogen and oxygen atoms in total. The number of anilines is 1. The van der Waals surface area contributed by atoms with E-state index >= 15 is 0 Å². The molecule has 1 N–H and O–H groups in total. The summed E-state index contributed by atoms with van der Waals surface area (Å²) in [6.45, 7) is 2.82. The summed E-state index contributed by atoms with van der Waals surface area (Å²) in [4.78, 5) is 16.1. The molecular formula is C14H15BrN2O2S. The van der Waals surface area contributed by atoms with Crippen molar-refractivity contribution in [2.24, 2.45) is 0 Å². The third kappa shape index (κ3) is 4.31. The van der Waals surface area contributed by atoms with Crippen molar-refractivity contribution < 1.29 is 9.53 Å². The standard InChI is InChI=1S/C14H15BrN2O2S/c1-2-3-8-19-11-6-4-10(5-7-11)13(18)17-14-16-9-12(15)20-14/h4-7,9H,2-3,8H2,1H3,(H,16,17,18). The summed E-state index contributed by atoms with van der Waals surface area (Å²) in [5.41, 5.74) is 0.583. The summed E-state index contributed by atoms with van der Waals surface area (Å²) in [6, 6.07) is 7.11. The summed E-state index contributed by atoms with van der Waals surface area (Å²) in [5.74, 6) is 0.610. The van der Waals surface area contributed by atoms with E-state index in [2.05, 4.69) is 33.2 Å². The zero-order valence-electron chi connectivity index (χ0n) is 11.1. The number of aromatic nitrogens is 1. The van der Waals surface area contributed by atoms with Gasteiger partial charge in [0, 0.05) is 5.56 Å². The number of ether oxygens (including phenoxy) is 1. The Bertz CT molecular complexity index is 569. The first kappa shape index (κ1) is 15.0. The van der Waals surface area contributed by atoms with E-state index in [4.69, 9.17) is 4.74 Å². The van der Waals surface area contributed by atoms with Crippen LogP contribution in [0.25, 0.3) is 0 Å². The fourth-order valence-corrected chi connectivity index (χ4v) is 2.62. The van der Waals surface area contributed by atoms with E-state index in [0.717, 1.165) is 22.4 Å². The third-order valence-corrected chi connectivity index (χ3v) is 3.97. The lowest BCUT2D eigenvalue weighted by Gasteiger charge is -2.06. The summed E-state index contributed by atoms with van der Waals surface area (Å²) in [5, 5.41) is 3.32. The number of amides is 1. The molecule has 1 heterocycles. The Labute approximate surface area is 130 Å². The molecule has 2 rings (SSSR count). The molecule has 0 aliphatic rings. The quantitative estimate of drug-likeness (QED) is 0.785. The maximum Gasteiger partial charge on any atom is 0.257 e. The molecule has 1 amide bonds. The number of thiazole rings is 1. The van der Waals surface area contributed by atoms with Crippen molar-refractivity contribution in [3.8, 4) is 5.75 Å². The minimum Gasteiger partial charge on any atom is -0.494 e. The van der Waals surface area contributed by atoms with Crippen LogP contribution in [0.15, 0.2) is 34.2 Å². The Morgan fingerprint density at radius 1 is 1.40 bits per heavy atom. The minimum absolute atomic E-state index is 0.174. The fraction of sp³-hybridized carbons (Fsp3) is 0.286. The van der Waals surface area contributed by atoms with Gasteiger partial charge in [0.05, 0.1) is 16.6 Å². The smallest absolute Gasteiger partial charge is 0.257 e. The highest BCUT2D eigenvalue weighted by atomic mass is 79.9. The van der Waals surface area contributed by atoms with E-state index in [1.165, 1.54) is 11.3 Å². The van der Waals surface area contributed by atoms with Gasteiger partial charge in [-0.1, -0.05) is 24.7 Å². The Morgan fingerprint density at radius 3 is 2.75 bits per heavy atom. The SMILES string of the molecule is CCCCOc1ccc(C(=O)Nc2ncc(Br)s2)cc1. The molecule has 0 fully saturated rings. The van der Waals surface area contributed by atoms with Gasteiger partial charge in [-0.05, 0) is 46.6 Å². The second kappa shape index (κ2) is 7.40. The van der Waals surface area contributed by atoms with Crippen LogP contribution in [0, 0.1) is 0 Å². The van der Waals surface area contributed by atoms with Crippen LogP contribution in [0.2, 0.25) is 0 Å². The number of hydrogen-bond donors (Lipinski definition) is 1. The highest BCUT2D eigenvalue weighted by Gasteiger charge is 2.08. The molecule has 0 aliphatic carbocycles. The van der Waals surface area contributed by atoms with Crippen LogP contribution >= 0.6 is 27.3 Å². The van der Waals surface area contributed by atoms with Crippen molar-refractivity contribution in [3.05, 3.63) is 39.8 Å². The number of unbranched alkanes of at least 4 members (excludes halogenated alkanes) is 1. The number of benzene rings is 1. The van der Waals surface area contributed by atoms with E-state index in [1.807, 2.05) is 12.1 Å². The van der Waals surface area contributed by atoms with Gasteiger partial charge in [-0.2, -0.15) is 0 Å². The zero-order valence-corrected chi connectivity index (χ0v) is 13.5. The van der Waals surface area contributed by atoms with Gasteiger partial charge < -0.3 is 4.74 Å². The number of halogens is 1. The molecule has 0 spiro atoms. The largest absolute Gasteiger partial charge is 0.494 e. The molecule has 0 atom stereocenters. The molecule has 0 bridgehead atoms. The van der Waals surface area contributed by atoms with Crippen LogP contribution in [0.3, 0.4) is 0 Å². The summed E-state index contributed by atoms with van der Waals surface area (Å²) in [7, 11) is 0. The minimum atomic E-state index is -0.174. The molecular weight excluding hydrogens is 340 g/mol. The van der Waals surface area contributed by atoms with Crippen molar-refractivity contribution in [1.82, 2.24) is 4.98 Å². The van der Waals surface area contributed by atoms with Gasteiger partial charge in [-0.15, -0.1) is 0 Å². The van der Waals surface area contributed by atoms with E-state index in [9.17, 15) is 4.79 Å². The van der Waals surface area contributed by atoms with E-state index in [-0.39, 0.29) is 5.91 Å². The monoisotopic (exact) mass is 354 g/mol. The Balaban J connectivity index is 1.93. The predicted octanol–water partition coefficient (Wildman–Crippen LogP) is 4.34. The molecule has 2 aromatic rings. The van der Waals surface area contributed by atoms with Gasteiger partial charge in [-0.3, -0.25) is 10.1 Å². The van der Waals surface area contributed by atoms with Crippen molar-refractivity contribution in [2.75, 3.05) is 11.9 Å². The first-order valence-electron chi connectivity index (χ1n) is 6.34. The summed E-state index contributed by atoms with van der Waals surface area (Å²) in [6.07, 6.45) is 3.79. The third-order valence-electron chi connectivity index (χ3n) is 2.58. The van der Waals surface area contributed by atoms with E-state index in [1.54, 1.807) is 18.3 Å². The van der Waals surface area contributed by atoms with Gasteiger partial charge in [0.2, 0.25) is 0 Å². The second-order valence-electron chi connectivity index (χ2n) is 4.15. The predicted molar refractivity (Wildman–Crippen MR) is 84.6 cm³/mol. The highest BCUT2D eigenvalue weighted by Crippen LogP contribution is 2.23. The number of carbonyl (C=O) groups excluding carboxylic acids is 1. The normalized spacial score (nSPS) is 10.3. The lowest BCUT2D eigenvalue weighted by molar-refractivity contribution is 0.102. The average molecular weight is 355 g/mol. The number of carbonyl (C=O) groups is 1. The lowest BCUT2D eigenvalue weighted by Crippen LogP contribution is -2.11. The van der Waals surface area contributed by atoms with Crippen LogP contribution in [0.5, 0.6) is 5.75 Å². The van der Waals surface area contributed by atoms with Crippen LogP contribution in [0.4, 0.5) is 5.13 Å². The van der Waals surface area contributed by atoms with Gasteiger partial charge >= 0.3 is 0 Å². The Kier molecular flexibility index (Phi) is 5.55. The topological polar surface area (TPSA) is 51.2 Å². The zero-order chi connectivity index (χ0) is 14.4. The molecule has 0 saturated heterocycles. The van der Waals surface area contributed by atoms with Crippen molar-refractivity contribution >= 4 is 38.3 Å². The van der Waals surface area contributed by atoms with Crippen molar-refractivity contribution in [3.63, 3.8) is 0 Å². The van der Waals surface area contributed by atoms with E-state index in [0.29, 0.717) is 17.3 Å². The molecule has 106 valence electrons. The highest BCUT2D eigenvalue weighted by molar-refractivity contribution is 9.11. The van der Waals surface area contributed by atoms with E-state index < -0.39 is 0 Å². The molecule has 20 heavy (non-hydrogen) atoms. The number of rotatable bonds is 6. The first-order chi connectivity index (χ1) is 9.69. The Morgan fingerprint density at radius 2 is 2.15 bits per heavy atom. The molecule has 0 radical (unpaired) electrons. The van der Waals surface area contributed by atoms with Gasteiger partial charge in [0.15, 0.2) is 5.13 Å². The van der Waals surface area contributed by atoms with Crippen LogP contribution in [-0.4, -0.2) is 17.5 Å². The number of hydrogen-bond acceptors (Lipinski definition) is 4. The fourth-order valence-electron chi connectivity index (χ4n) is 1.52. The summed E-state index contributed by atoms with van der Waals surface area (Å²) >= 11 is 4.68. The molecule has 6 heteroatoms. The molecule has 1 aromatic heterocycles. The molecule has 0 unspecified atom stereocenters. The van der Waals surface area contributed by atoms with Crippen LogP contribution in [0.1, 0.15) is 30.1 Å². The van der Waals surface area contributed by atoms with Crippen molar-refractivity contribution in [1.29, 1.82) is 0 Å². The van der Waals surface area contributed by atoms with Gasteiger partial charge in [-0.25, -0.2) is 4.98 Å². The maximum absolute atomic E-state index is 12.0. The van der Waals surface area contributed by atoms with Gasteiger partial charge in [0.1, 0.15) is 5.75 Å². The van der Waals surface area contributed by atoms with Crippen LogP contribution < -0.4 is 10.1 Å². The molecule has 0 saturated carbocycles. The Hall–Kier alpha value is -1.40. The second-order valence-corrected chi connectivity index (χ2v) is 6.56. The lowest BCUT2D eigenvalue weighted by atomic mass is 10.2. The maximum atomic E-state index is 12.0. The van der Waals surface area contributed by atoms with Crippen LogP contribution in [-0.2, 0) is 0 Å². The first-order valence-corrected chi connectivity index (χ1v) is 7.95. The molecule has 0 aliphatic heterocycles.